The van der Waals surface area contributed by atoms with Crippen LogP contribution < -0.4 is 20.3 Å². The van der Waals surface area contributed by atoms with Crippen molar-refractivity contribution in [3.8, 4) is 5.75 Å². The van der Waals surface area contributed by atoms with Gasteiger partial charge in [-0.15, -0.1) is 0 Å². The molecule has 1 aliphatic rings. The minimum absolute atomic E-state index is 0.00335. The molecule has 0 atom stereocenters. The monoisotopic (exact) mass is 450 g/mol. The third-order valence-electron chi connectivity index (χ3n) is 4.89. The molecule has 0 unspecified atom stereocenters. The lowest BCUT2D eigenvalue weighted by Gasteiger charge is -2.35. The summed E-state index contributed by atoms with van der Waals surface area (Å²) >= 11 is 0. The number of ether oxygens (including phenoxy) is 1. The van der Waals surface area contributed by atoms with Gasteiger partial charge in [-0.2, -0.15) is 4.31 Å². The molecule has 2 amide bonds. The van der Waals surface area contributed by atoms with E-state index in [-0.39, 0.29) is 18.1 Å². The van der Waals surface area contributed by atoms with Gasteiger partial charge in [0.15, 0.2) is 0 Å². The fourth-order valence-electron chi connectivity index (χ4n) is 3.28. The highest BCUT2D eigenvalue weighted by atomic mass is 32.2. The fourth-order valence-corrected chi connectivity index (χ4v) is 4.61. The summed E-state index contributed by atoms with van der Waals surface area (Å²) in [5.74, 6) is 0.225. The normalized spacial score (nSPS) is 14.8. The van der Waals surface area contributed by atoms with E-state index in [2.05, 4.69) is 10.6 Å². The first-order valence-electron chi connectivity index (χ1n) is 10.1. The zero-order chi connectivity index (χ0) is 22.3. The van der Waals surface area contributed by atoms with Crippen LogP contribution in [-0.2, 0) is 10.0 Å². The maximum absolute atomic E-state index is 13.1. The molecule has 1 heterocycles. The second-order valence-corrected chi connectivity index (χ2v) is 9.11. The van der Waals surface area contributed by atoms with Gasteiger partial charge in [-0.05, 0) is 55.5 Å². The summed E-state index contributed by atoms with van der Waals surface area (Å²) in [4.78, 5) is 14.0. The molecule has 31 heavy (non-hydrogen) atoms. The number of sulfonamides is 1. The lowest BCUT2D eigenvalue weighted by Crippen LogP contribution is -2.50. The zero-order valence-electron chi connectivity index (χ0n) is 17.4. The van der Waals surface area contributed by atoms with Crippen LogP contribution >= 0.6 is 0 Å². The average molecular weight is 451 g/mol. The highest BCUT2D eigenvalue weighted by molar-refractivity contribution is 7.89. The van der Waals surface area contributed by atoms with Crippen LogP contribution in [0, 0.1) is 5.82 Å². The number of benzene rings is 2. The molecule has 0 aromatic heterocycles. The number of hydrogen-bond acceptors (Lipinski definition) is 5. The molecule has 0 saturated carbocycles. The molecule has 2 aromatic carbocycles. The molecule has 1 fully saturated rings. The van der Waals surface area contributed by atoms with Crippen LogP contribution in [0.15, 0.2) is 48.5 Å². The number of nitrogens with one attached hydrogen (secondary N) is 2. The Kier molecular flexibility index (Phi) is 7.69. The molecule has 1 saturated heterocycles. The Labute approximate surface area is 182 Å². The number of nitrogens with zero attached hydrogens (tertiary/aromatic N) is 2. The summed E-state index contributed by atoms with van der Waals surface area (Å²) in [5.41, 5.74) is 1.45. The number of amides is 2. The molecule has 8 nitrogen and oxygen atoms in total. The SMILES string of the molecule is CCOc1ccc(NC(=O)NCCS(=O)(=O)N2CCN(c3ccc(F)cc3)CC2)cc1. The van der Waals surface area contributed by atoms with Crippen molar-refractivity contribution in [3.05, 3.63) is 54.3 Å². The smallest absolute Gasteiger partial charge is 0.319 e. The van der Waals surface area contributed by atoms with Crippen LogP contribution in [0.4, 0.5) is 20.6 Å². The predicted octanol–water partition coefficient (Wildman–Crippen LogP) is 2.50. The van der Waals surface area contributed by atoms with E-state index < -0.39 is 16.1 Å². The first-order valence-corrected chi connectivity index (χ1v) is 11.7. The van der Waals surface area contributed by atoms with E-state index in [4.69, 9.17) is 4.74 Å². The van der Waals surface area contributed by atoms with Gasteiger partial charge in [0.25, 0.3) is 0 Å². The molecule has 0 bridgehead atoms. The third-order valence-corrected chi connectivity index (χ3v) is 6.76. The van der Waals surface area contributed by atoms with Gasteiger partial charge in [0.05, 0.1) is 12.4 Å². The number of rotatable bonds is 8. The van der Waals surface area contributed by atoms with Gasteiger partial charge in [0.1, 0.15) is 11.6 Å². The van der Waals surface area contributed by atoms with Crippen molar-refractivity contribution in [3.63, 3.8) is 0 Å². The topological polar surface area (TPSA) is 91.0 Å². The van der Waals surface area contributed by atoms with Gasteiger partial charge >= 0.3 is 6.03 Å². The number of halogens is 1. The molecule has 1 aliphatic heterocycles. The molecule has 2 N–H and O–H groups in total. The van der Waals surface area contributed by atoms with Crippen molar-refractivity contribution >= 4 is 27.4 Å². The predicted molar refractivity (Wildman–Crippen MR) is 119 cm³/mol. The number of carbonyl (C=O) groups is 1. The summed E-state index contributed by atoms with van der Waals surface area (Å²) in [6.07, 6.45) is 0. The Bertz CT molecular complexity index is 960. The molecule has 0 spiro atoms. The number of urea groups is 1. The van der Waals surface area contributed by atoms with Crippen LogP contribution in [0.2, 0.25) is 0 Å². The summed E-state index contributed by atoms with van der Waals surface area (Å²) in [7, 11) is -3.49. The Hall–Kier alpha value is -2.85. The van der Waals surface area contributed by atoms with Gasteiger partial charge in [0.2, 0.25) is 10.0 Å². The molecule has 10 heteroatoms. The number of carbonyl (C=O) groups excluding carboxylic acids is 1. The van der Waals surface area contributed by atoms with E-state index in [9.17, 15) is 17.6 Å². The van der Waals surface area contributed by atoms with Gasteiger partial charge < -0.3 is 20.3 Å². The summed E-state index contributed by atoms with van der Waals surface area (Å²) in [6, 6.07) is 12.6. The minimum Gasteiger partial charge on any atom is -0.494 e. The van der Waals surface area contributed by atoms with Crippen LogP contribution in [-0.4, -0.2) is 63.8 Å². The Morgan fingerprint density at radius 2 is 1.68 bits per heavy atom. The summed E-state index contributed by atoms with van der Waals surface area (Å²) < 4.78 is 45.0. The quantitative estimate of drug-likeness (QED) is 0.645. The van der Waals surface area contributed by atoms with Crippen LogP contribution in [0.3, 0.4) is 0 Å². The van der Waals surface area contributed by atoms with Crippen LogP contribution in [0.5, 0.6) is 5.75 Å². The van der Waals surface area contributed by atoms with Gasteiger partial charge in [-0.1, -0.05) is 0 Å². The first-order chi connectivity index (χ1) is 14.9. The summed E-state index contributed by atoms with van der Waals surface area (Å²) in [5, 5.41) is 5.23. The van der Waals surface area contributed by atoms with E-state index >= 15 is 0 Å². The summed E-state index contributed by atoms with van der Waals surface area (Å²) in [6.45, 7) is 4.19. The van der Waals surface area contributed by atoms with Gasteiger partial charge in [-0.3, -0.25) is 0 Å². The van der Waals surface area contributed by atoms with E-state index in [1.807, 2.05) is 11.8 Å². The molecule has 2 aromatic rings. The van der Waals surface area contributed by atoms with Crippen LogP contribution in [0.1, 0.15) is 6.92 Å². The Balaban J connectivity index is 1.41. The number of hydrogen-bond donors (Lipinski definition) is 2. The molecular formula is C21H27FN4O4S. The largest absolute Gasteiger partial charge is 0.494 e. The Morgan fingerprint density at radius 3 is 2.29 bits per heavy atom. The van der Waals surface area contributed by atoms with Crippen molar-refractivity contribution in [2.24, 2.45) is 0 Å². The van der Waals surface area contributed by atoms with Gasteiger partial charge in [-0.25, -0.2) is 17.6 Å². The average Bonchev–Trinajstić information content (AvgIpc) is 2.76. The first kappa shape index (κ1) is 22.8. The lowest BCUT2D eigenvalue weighted by atomic mass is 10.2. The number of anilines is 2. The fraction of sp³-hybridized carbons (Fsp3) is 0.381. The van der Waals surface area contributed by atoms with Crippen LogP contribution in [0.25, 0.3) is 0 Å². The second-order valence-electron chi connectivity index (χ2n) is 7.02. The van der Waals surface area contributed by atoms with Crippen molar-refractivity contribution in [2.75, 3.05) is 55.3 Å². The highest BCUT2D eigenvalue weighted by Crippen LogP contribution is 2.18. The maximum atomic E-state index is 13.1. The third kappa shape index (κ3) is 6.56. The molecule has 0 aliphatic carbocycles. The van der Waals surface area contributed by atoms with Gasteiger partial charge in [0, 0.05) is 44.1 Å². The van der Waals surface area contributed by atoms with E-state index in [0.717, 1.165) is 5.69 Å². The van der Waals surface area contributed by atoms with Crippen molar-refractivity contribution in [1.82, 2.24) is 9.62 Å². The molecule has 0 radical (unpaired) electrons. The van der Waals surface area contributed by atoms with Crippen molar-refractivity contribution in [1.29, 1.82) is 0 Å². The van der Waals surface area contributed by atoms with Crippen molar-refractivity contribution in [2.45, 2.75) is 6.92 Å². The highest BCUT2D eigenvalue weighted by Gasteiger charge is 2.26. The Morgan fingerprint density at radius 1 is 1.03 bits per heavy atom. The number of piperazine rings is 1. The zero-order valence-corrected chi connectivity index (χ0v) is 18.2. The van der Waals surface area contributed by atoms with Crippen molar-refractivity contribution < 1.29 is 22.3 Å². The van der Waals surface area contributed by atoms with E-state index in [0.29, 0.717) is 44.2 Å². The standard InChI is InChI=1S/C21H27FN4O4S/c1-2-30-20-9-5-18(6-10-20)24-21(27)23-11-16-31(28,29)26-14-12-25(13-15-26)19-7-3-17(22)4-8-19/h3-10H,2,11-16H2,1H3,(H2,23,24,27). The molecule has 3 rings (SSSR count). The lowest BCUT2D eigenvalue weighted by molar-refractivity contribution is 0.252. The van der Waals surface area contributed by atoms with E-state index in [1.165, 1.54) is 16.4 Å². The minimum atomic E-state index is -3.49. The molecule has 168 valence electrons. The molecular weight excluding hydrogens is 423 g/mol. The second kappa shape index (κ2) is 10.5. The maximum Gasteiger partial charge on any atom is 0.319 e. The van der Waals surface area contributed by atoms with E-state index in [1.54, 1.807) is 36.4 Å².